The first-order chi connectivity index (χ1) is 8.25. The number of allylic oxidation sites excluding steroid dienone is 1. The summed E-state index contributed by atoms with van der Waals surface area (Å²) >= 11 is 6.49. The molecule has 0 bridgehead atoms. The first-order valence-corrected chi connectivity index (χ1v) is 6.34. The van der Waals surface area contributed by atoms with Gasteiger partial charge in [0.1, 0.15) is 0 Å². The number of hydrogen-bond acceptors (Lipinski definition) is 3. The van der Waals surface area contributed by atoms with Crippen LogP contribution in [0.25, 0.3) is 11.8 Å². The Balaban J connectivity index is 2.15. The van der Waals surface area contributed by atoms with E-state index in [0.29, 0.717) is 3.95 Å². The van der Waals surface area contributed by atoms with Crippen LogP contribution >= 0.6 is 23.6 Å². The molecule has 0 radical (unpaired) electrons. The number of benzene rings is 1. The van der Waals surface area contributed by atoms with Gasteiger partial charge in [-0.2, -0.15) is 0 Å². The molecule has 17 heavy (non-hydrogen) atoms. The normalized spacial score (nSPS) is 15.4. The second-order valence-electron chi connectivity index (χ2n) is 3.65. The zero-order valence-electron chi connectivity index (χ0n) is 8.75. The van der Waals surface area contributed by atoms with Gasteiger partial charge in [0.25, 0.3) is 0 Å². The maximum Gasteiger partial charge on any atom is 0.211 e. The molecule has 0 spiro atoms. The van der Waals surface area contributed by atoms with E-state index in [9.17, 15) is 5.11 Å². The number of hydrogen-bond donors (Lipinski definition) is 2. The molecule has 0 atom stereocenters. The first kappa shape index (κ1) is 10.4. The Labute approximate surface area is 107 Å². The van der Waals surface area contributed by atoms with Crippen LogP contribution in [-0.2, 0) is 0 Å². The minimum absolute atomic E-state index is 0.172. The van der Waals surface area contributed by atoms with Crippen molar-refractivity contribution in [2.45, 2.75) is 0 Å². The van der Waals surface area contributed by atoms with Gasteiger partial charge in [-0.1, -0.05) is 12.1 Å². The summed E-state index contributed by atoms with van der Waals surface area (Å²) in [6.45, 7) is 0. The fourth-order valence-corrected chi connectivity index (χ4v) is 2.64. The molecule has 1 aliphatic heterocycles. The molecule has 1 aromatic heterocycles. The van der Waals surface area contributed by atoms with Crippen LogP contribution in [0.1, 0.15) is 5.56 Å². The van der Waals surface area contributed by atoms with Crippen molar-refractivity contribution in [2.24, 2.45) is 0 Å². The van der Waals surface area contributed by atoms with Crippen LogP contribution in [0, 0.1) is 3.95 Å². The van der Waals surface area contributed by atoms with Crippen molar-refractivity contribution in [3.05, 3.63) is 39.2 Å². The Morgan fingerprint density at radius 3 is 2.94 bits per heavy atom. The minimum Gasteiger partial charge on any atom is -0.494 e. The van der Waals surface area contributed by atoms with E-state index in [-0.39, 0.29) is 5.88 Å². The highest BCUT2D eigenvalue weighted by Crippen LogP contribution is 2.25. The Bertz CT molecular complexity index is 695. The van der Waals surface area contributed by atoms with Crippen molar-refractivity contribution in [2.75, 3.05) is 0 Å². The fourth-order valence-electron chi connectivity index (χ4n) is 1.77. The van der Waals surface area contributed by atoms with Crippen molar-refractivity contribution < 1.29 is 10.1 Å². The van der Waals surface area contributed by atoms with E-state index < -0.39 is 0 Å². The molecule has 2 aromatic rings. The first-order valence-electron chi connectivity index (χ1n) is 5.06. The van der Waals surface area contributed by atoms with Gasteiger partial charge in [0.05, 0.1) is 16.5 Å². The quantitative estimate of drug-likeness (QED) is 0.768. The number of aromatic hydroxyl groups is 1. The third-order valence-corrected chi connectivity index (χ3v) is 3.81. The van der Waals surface area contributed by atoms with Crippen LogP contribution in [0.5, 0.6) is 5.88 Å². The Morgan fingerprint density at radius 2 is 2.18 bits per heavy atom. The molecule has 5 heteroatoms. The highest BCUT2D eigenvalue weighted by molar-refractivity contribution is 7.73. The Kier molecular flexibility index (Phi) is 2.42. The third-order valence-electron chi connectivity index (χ3n) is 2.60. The lowest BCUT2D eigenvalue weighted by Crippen LogP contribution is -2.58. The predicted octanol–water partition coefficient (Wildman–Crippen LogP) is 1.78. The molecule has 3 nitrogen and oxygen atoms in total. The van der Waals surface area contributed by atoms with Gasteiger partial charge in [-0.05, 0) is 18.3 Å². The summed E-state index contributed by atoms with van der Waals surface area (Å²) in [7, 11) is 0. The van der Waals surface area contributed by atoms with Crippen LogP contribution < -0.4 is 4.99 Å². The van der Waals surface area contributed by atoms with Crippen LogP contribution in [-0.4, -0.2) is 15.9 Å². The van der Waals surface area contributed by atoms with E-state index in [1.54, 1.807) is 9.95 Å². The van der Waals surface area contributed by atoms with Gasteiger partial charge in [0.2, 0.25) is 11.6 Å². The zero-order valence-corrected chi connectivity index (χ0v) is 10.4. The monoisotopic (exact) mass is 261 g/mol. The number of rotatable bonds is 1. The highest BCUT2D eigenvalue weighted by atomic mass is 32.1. The lowest BCUT2D eigenvalue weighted by atomic mass is 10.1. The molecule has 0 amide bonds. The van der Waals surface area contributed by atoms with E-state index >= 15 is 0 Å². The standard InChI is InChI=1S/C12H8N2OS2/c15-11-7-17-12(16)14(11)6-8-5-13-10-4-2-1-3-9(8)10/h1-7,15H/p+1. The number of para-hydroxylation sites is 1. The van der Waals surface area contributed by atoms with Crippen molar-refractivity contribution in [1.82, 2.24) is 4.57 Å². The molecule has 3 rings (SSSR count). The summed E-state index contributed by atoms with van der Waals surface area (Å²) in [5, 5.41) is 11.3. The number of nitrogens with zero attached hydrogens (tertiary/aromatic N) is 1. The number of aromatic nitrogens is 1. The van der Waals surface area contributed by atoms with Gasteiger partial charge in [0.15, 0.2) is 10.2 Å². The van der Waals surface area contributed by atoms with Crippen molar-refractivity contribution >= 4 is 47.2 Å². The molecular formula is C12H9N2OS2+. The van der Waals surface area contributed by atoms with Gasteiger partial charge in [0, 0.05) is 12.3 Å². The van der Waals surface area contributed by atoms with E-state index in [4.69, 9.17) is 12.2 Å². The number of nitrogens with one attached hydrogen (secondary N) is 1. The highest BCUT2D eigenvalue weighted by Gasteiger charge is 2.17. The number of thiazole rings is 1. The lowest BCUT2D eigenvalue weighted by Gasteiger charge is -1.97. The number of fused-ring (bicyclic) bond motifs is 1. The second-order valence-corrected chi connectivity index (χ2v) is 5.15. The molecule has 0 unspecified atom stereocenters. The summed E-state index contributed by atoms with van der Waals surface area (Å²) in [4.78, 5) is 3.18. The van der Waals surface area contributed by atoms with E-state index in [2.05, 4.69) is 4.99 Å². The molecule has 1 aliphatic rings. The second kappa shape index (κ2) is 3.94. The average Bonchev–Trinajstić information content (AvgIpc) is 2.88. The molecular weight excluding hydrogens is 252 g/mol. The zero-order chi connectivity index (χ0) is 11.8. The van der Waals surface area contributed by atoms with Gasteiger partial charge < -0.3 is 5.11 Å². The summed E-state index contributed by atoms with van der Waals surface area (Å²) in [5.74, 6) is 0.172. The molecule has 0 aliphatic carbocycles. The minimum atomic E-state index is 0.172. The predicted molar refractivity (Wildman–Crippen MR) is 72.1 cm³/mol. The van der Waals surface area contributed by atoms with Gasteiger partial charge in [-0.3, -0.25) is 4.57 Å². The summed E-state index contributed by atoms with van der Waals surface area (Å²) in [6, 6.07) is 8.01. The van der Waals surface area contributed by atoms with E-state index in [1.165, 1.54) is 11.3 Å². The van der Waals surface area contributed by atoms with Gasteiger partial charge >= 0.3 is 0 Å². The van der Waals surface area contributed by atoms with Crippen molar-refractivity contribution in [3.8, 4) is 5.88 Å². The molecule has 0 fully saturated rings. The molecule has 0 saturated heterocycles. The van der Waals surface area contributed by atoms with Crippen LogP contribution in [0.3, 0.4) is 0 Å². The van der Waals surface area contributed by atoms with Crippen LogP contribution in [0.4, 0.5) is 5.69 Å². The lowest BCUT2D eigenvalue weighted by molar-refractivity contribution is -0.342. The molecule has 2 heterocycles. The van der Waals surface area contributed by atoms with Gasteiger partial charge in [-0.15, -0.1) is 11.3 Å². The molecule has 1 aromatic carbocycles. The van der Waals surface area contributed by atoms with E-state index in [0.717, 1.165) is 16.8 Å². The summed E-state index contributed by atoms with van der Waals surface area (Å²) < 4.78 is 2.24. The SMILES string of the molecule is Oc1csc(=S)n1C=C1C=[NH+]c2ccccc21. The molecule has 84 valence electrons. The average molecular weight is 261 g/mol. The largest absolute Gasteiger partial charge is 0.494 e. The third kappa shape index (κ3) is 1.73. The smallest absolute Gasteiger partial charge is 0.211 e. The van der Waals surface area contributed by atoms with Crippen molar-refractivity contribution in [1.29, 1.82) is 0 Å². The molecule has 2 N–H and O–H groups in total. The van der Waals surface area contributed by atoms with Gasteiger partial charge in [-0.25, -0.2) is 4.99 Å². The van der Waals surface area contributed by atoms with Crippen molar-refractivity contribution in [3.63, 3.8) is 0 Å². The maximum atomic E-state index is 9.67. The van der Waals surface area contributed by atoms with Crippen LogP contribution in [0.15, 0.2) is 29.6 Å². The maximum absolute atomic E-state index is 9.67. The Hall–Kier alpha value is -1.72. The Morgan fingerprint density at radius 1 is 1.35 bits per heavy atom. The summed E-state index contributed by atoms with van der Waals surface area (Å²) in [5.41, 5.74) is 3.19. The summed E-state index contributed by atoms with van der Waals surface area (Å²) in [6.07, 6.45) is 3.75. The van der Waals surface area contributed by atoms with E-state index in [1.807, 2.05) is 36.7 Å². The molecule has 0 saturated carbocycles. The van der Waals surface area contributed by atoms with Crippen LogP contribution in [0.2, 0.25) is 0 Å². The topological polar surface area (TPSA) is 39.1 Å². The fraction of sp³-hybridized carbons (Fsp3) is 0.